The van der Waals surface area contributed by atoms with Crippen LogP contribution in [-0.4, -0.2) is 24.6 Å². The summed E-state index contributed by atoms with van der Waals surface area (Å²) in [6, 6.07) is 9.48. The van der Waals surface area contributed by atoms with E-state index in [2.05, 4.69) is 14.9 Å². The minimum Gasteiger partial charge on any atom is -0.438 e. The molecule has 2 heterocycles. The molecule has 3 aromatic rings. The van der Waals surface area contributed by atoms with Crippen molar-refractivity contribution in [2.45, 2.75) is 25.0 Å². The van der Waals surface area contributed by atoms with Crippen LogP contribution in [-0.2, 0) is 10.0 Å². The Labute approximate surface area is 143 Å². The molecule has 0 saturated heterocycles. The number of benzene rings is 1. The van der Waals surface area contributed by atoms with Gasteiger partial charge in [0.05, 0.1) is 0 Å². The molecule has 1 aromatic carbocycles. The molecule has 0 aliphatic heterocycles. The second kappa shape index (κ2) is 6.39. The van der Waals surface area contributed by atoms with Gasteiger partial charge in [-0.2, -0.15) is 4.98 Å². The first-order chi connectivity index (χ1) is 11.3. The van der Waals surface area contributed by atoms with Gasteiger partial charge in [-0.25, -0.2) is 13.1 Å². The van der Waals surface area contributed by atoms with E-state index in [-0.39, 0.29) is 22.8 Å². The maximum atomic E-state index is 12.1. The third-order valence-electron chi connectivity index (χ3n) is 2.98. The largest absolute Gasteiger partial charge is 0.438 e. The normalized spacial score (nSPS) is 12.0. The lowest BCUT2D eigenvalue weighted by Gasteiger charge is -2.06. The number of halogens is 1. The fraction of sp³-hybridized carbons (Fsp3) is 0.200. The first kappa shape index (κ1) is 16.7. The number of furan rings is 1. The Hall–Kier alpha value is -2.16. The molecule has 2 aromatic heterocycles. The lowest BCUT2D eigenvalue weighted by molar-refractivity contribution is 0.398. The Balaban J connectivity index is 1.88. The van der Waals surface area contributed by atoms with E-state index in [0.717, 1.165) is 5.56 Å². The number of hydrogen-bond acceptors (Lipinski definition) is 6. The van der Waals surface area contributed by atoms with Crippen molar-refractivity contribution in [3.8, 4) is 23.0 Å². The minimum absolute atomic E-state index is 0.0888. The van der Waals surface area contributed by atoms with Crippen LogP contribution in [0.15, 0.2) is 50.4 Å². The summed E-state index contributed by atoms with van der Waals surface area (Å²) in [4.78, 5) is 4.21. The number of nitrogens with zero attached hydrogens (tertiary/aromatic N) is 2. The summed E-state index contributed by atoms with van der Waals surface area (Å²) in [5.41, 5.74) is 0.718. The van der Waals surface area contributed by atoms with Crippen LogP contribution in [0.2, 0.25) is 5.02 Å². The van der Waals surface area contributed by atoms with Gasteiger partial charge in [-0.05, 0) is 50.2 Å². The van der Waals surface area contributed by atoms with Crippen LogP contribution < -0.4 is 4.72 Å². The lowest BCUT2D eigenvalue weighted by atomic mass is 10.2. The molecule has 0 aliphatic carbocycles. The molecule has 0 radical (unpaired) electrons. The van der Waals surface area contributed by atoms with Gasteiger partial charge in [0.1, 0.15) is 0 Å². The molecule has 0 amide bonds. The zero-order valence-electron chi connectivity index (χ0n) is 12.9. The van der Waals surface area contributed by atoms with Crippen molar-refractivity contribution in [2.24, 2.45) is 0 Å². The van der Waals surface area contributed by atoms with Crippen LogP contribution in [0.25, 0.3) is 23.0 Å². The molecule has 0 unspecified atom stereocenters. The zero-order valence-corrected chi connectivity index (χ0v) is 14.4. The summed E-state index contributed by atoms with van der Waals surface area (Å²) in [5, 5.41) is 4.25. The van der Waals surface area contributed by atoms with Gasteiger partial charge < -0.3 is 8.94 Å². The monoisotopic (exact) mass is 367 g/mol. The first-order valence-corrected chi connectivity index (χ1v) is 8.93. The van der Waals surface area contributed by atoms with E-state index in [1.807, 2.05) is 0 Å². The summed E-state index contributed by atoms with van der Waals surface area (Å²) >= 11 is 5.84. The van der Waals surface area contributed by atoms with Crippen LogP contribution in [0.1, 0.15) is 13.8 Å². The Morgan fingerprint density at radius 2 is 1.83 bits per heavy atom. The third-order valence-corrected chi connectivity index (χ3v) is 4.76. The summed E-state index contributed by atoms with van der Waals surface area (Å²) in [6.07, 6.45) is 0. The molecule has 0 bridgehead atoms. The molecular weight excluding hydrogens is 354 g/mol. The van der Waals surface area contributed by atoms with Crippen molar-refractivity contribution in [1.82, 2.24) is 14.9 Å². The van der Waals surface area contributed by atoms with E-state index in [4.69, 9.17) is 20.5 Å². The number of sulfonamides is 1. The highest BCUT2D eigenvalue weighted by Gasteiger charge is 2.22. The van der Waals surface area contributed by atoms with E-state index in [1.165, 1.54) is 12.1 Å². The predicted molar refractivity (Wildman–Crippen MR) is 87.9 cm³/mol. The Kier molecular flexibility index (Phi) is 4.44. The molecule has 126 valence electrons. The Bertz CT molecular complexity index is 945. The molecule has 0 spiro atoms. The highest BCUT2D eigenvalue weighted by molar-refractivity contribution is 7.89. The Morgan fingerprint density at radius 3 is 2.50 bits per heavy atom. The fourth-order valence-corrected chi connectivity index (χ4v) is 3.30. The third kappa shape index (κ3) is 3.50. The minimum atomic E-state index is -3.72. The number of hydrogen-bond donors (Lipinski definition) is 1. The second-order valence-electron chi connectivity index (χ2n) is 5.32. The van der Waals surface area contributed by atoms with E-state index in [0.29, 0.717) is 10.8 Å². The average Bonchev–Trinajstić information content (AvgIpc) is 3.16. The first-order valence-electron chi connectivity index (χ1n) is 7.07. The molecule has 24 heavy (non-hydrogen) atoms. The summed E-state index contributed by atoms with van der Waals surface area (Å²) in [6.45, 7) is 3.44. The van der Waals surface area contributed by atoms with E-state index in [9.17, 15) is 8.42 Å². The van der Waals surface area contributed by atoms with Gasteiger partial charge in [0, 0.05) is 16.6 Å². The molecule has 0 fully saturated rings. The van der Waals surface area contributed by atoms with Crippen molar-refractivity contribution in [3.05, 3.63) is 41.4 Å². The molecule has 1 N–H and O–H groups in total. The van der Waals surface area contributed by atoms with Crippen molar-refractivity contribution < 1.29 is 17.4 Å². The van der Waals surface area contributed by atoms with Gasteiger partial charge in [0.25, 0.3) is 15.9 Å². The predicted octanol–water partition coefficient (Wildman–Crippen LogP) is 3.34. The van der Waals surface area contributed by atoms with Crippen LogP contribution in [0.5, 0.6) is 0 Å². The summed E-state index contributed by atoms with van der Waals surface area (Å²) in [5.74, 6) is 0.612. The van der Waals surface area contributed by atoms with Crippen LogP contribution in [0.4, 0.5) is 0 Å². The highest BCUT2D eigenvalue weighted by atomic mass is 35.5. The Morgan fingerprint density at radius 1 is 1.12 bits per heavy atom. The number of nitrogens with one attached hydrogen (secondary N) is 1. The molecule has 3 rings (SSSR count). The highest BCUT2D eigenvalue weighted by Crippen LogP contribution is 2.26. The fourth-order valence-electron chi connectivity index (χ4n) is 1.99. The van der Waals surface area contributed by atoms with E-state index in [1.54, 1.807) is 38.1 Å². The molecule has 0 saturated carbocycles. The molecular formula is C15H14ClN3O4S. The van der Waals surface area contributed by atoms with Crippen LogP contribution in [0, 0.1) is 0 Å². The topological polar surface area (TPSA) is 98.2 Å². The van der Waals surface area contributed by atoms with Crippen molar-refractivity contribution in [1.29, 1.82) is 0 Å². The van der Waals surface area contributed by atoms with Gasteiger partial charge in [-0.15, -0.1) is 0 Å². The SMILES string of the molecule is CC(C)NS(=O)(=O)c1ccc(-c2nc(-c3ccc(Cl)cc3)no2)o1. The quantitative estimate of drug-likeness (QED) is 0.742. The molecule has 0 aliphatic rings. The molecule has 9 heteroatoms. The second-order valence-corrected chi connectivity index (χ2v) is 7.41. The van der Waals surface area contributed by atoms with E-state index >= 15 is 0 Å². The average molecular weight is 368 g/mol. The molecule has 0 atom stereocenters. The standard InChI is InChI=1S/C15H14ClN3O4S/c1-9(2)19-24(20,21)13-8-7-12(22-13)15-17-14(18-23-15)10-3-5-11(16)6-4-10/h3-9,19H,1-2H3. The lowest BCUT2D eigenvalue weighted by Crippen LogP contribution is -2.29. The van der Waals surface area contributed by atoms with Gasteiger partial charge in [-0.3, -0.25) is 0 Å². The summed E-state index contributed by atoms with van der Waals surface area (Å²) < 4.78 is 37.0. The number of aromatic nitrogens is 2. The number of rotatable bonds is 5. The van der Waals surface area contributed by atoms with Gasteiger partial charge in [0.15, 0.2) is 5.76 Å². The zero-order chi connectivity index (χ0) is 17.3. The van der Waals surface area contributed by atoms with Crippen molar-refractivity contribution in [2.75, 3.05) is 0 Å². The van der Waals surface area contributed by atoms with Crippen molar-refractivity contribution >= 4 is 21.6 Å². The van der Waals surface area contributed by atoms with Gasteiger partial charge in [-0.1, -0.05) is 16.8 Å². The molecule has 7 nitrogen and oxygen atoms in total. The van der Waals surface area contributed by atoms with Crippen LogP contribution in [0.3, 0.4) is 0 Å². The van der Waals surface area contributed by atoms with E-state index < -0.39 is 10.0 Å². The maximum Gasteiger partial charge on any atom is 0.293 e. The van der Waals surface area contributed by atoms with Gasteiger partial charge in [0.2, 0.25) is 10.9 Å². The maximum absolute atomic E-state index is 12.1. The van der Waals surface area contributed by atoms with Crippen LogP contribution >= 0.6 is 11.6 Å². The smallest absolute Gasteiger partial charge is 0.293 e. The van der Waals surface area contributed by atoms with Crippen molar-refractivity contribution in [3.63, 3.8) is 0 Å². The summed E-state index contributed by atoms with van der Waals surface area (Å²) in [7, 11) is -3.72. The van der Waals surface area contributed by atoms with Gasteiger partial charge >= 0.3 is 0 Å².